The molecule has 158 valence electrons. The molecule has 1 heterocycles. The second-order valence-corrected chi connectivity index (χ2v) is 8.60. The minimum Gasteiger partial charge on any atom is -0.493 e. The highest BCUT2D eigenvalue weighted by Gasteiger charge is 2.13. The Hall–Kier alpha value is -1.02. The number of ether oxygens (including phenoxy) is 2. The van der Waals surface area contributed by atoms with Crippen molar-refractivity contribution in [1.82, 2.24) is 15.5 Å². The maximum absolute atomic E-state index is 6.24. The van der Waals surface area contributed by atoms with E-state index in [2.05, 4.69) is 37.5 Å². The van der Waals surface area contributed by atoms with Gasteiger partial charge < -0.3 is 20.1 Å². The summed E-state index contributed by atoms with van der Waals surface area (Å²) >= 11 is 15.8. The quantitative estimate of drug-likeness (QED) is 0.499. The first-order chi connectivity index (χ1) is 14.1. The standard InChI is InChI=1S/C21H26BrCl2N3O2/c1-28-20-11-15(13-26-6-9-27-7-4-25-5-8-27)10-18(22)21(20)29-14-16-2-3-17(23)12-19(16)24/h2-3,10-12,25-26H,4-9,13-14H2,1H3. The van der Waals surface area contributed by atoms with E-state index < -0.39 is 0 Å². The monoisotopic (exact) mass is 501 g/mol. The lowest BCUT2D eigenvalue weighted by Crippen LogP contribution is -2.45. The fourth-order valence-corrected chi connectivity index (χ4v) is 4.28. The Balaban J connectivity index is 1.56. The summed E-state index contributed by atoms with van der Waals surface area (Å²) in [6.45, 7) is 7.49. The molecule has 1 fully saturated rings. The van der Waals surface area contributed by atoms with Crippen molar-refractivity contribution in [1.29, 1.82) is 0 Å². The summed E-state index contributed by atoms with van der Waals surface area (Å²) in [5.41, 5.74) is 1.99. The predicted molar refractivity (Wildman–Crippen MR) is 123 cm³/mol. The average Bonchev–Trinajstić information content (AvgIpc) is 2.72. The molecule has 0 unspecified atom stereocenters. The minimum absolute atomic E-state index is 0.327. The molecule has 8 heteroatoms. The lowest BCUT2D eigenvalue weighted by Gasteiger charge is -2.27. The highest BCUT2D eigenvalue weighted by molar-refractivity contribution is 9.10. The highest BCUT2D eigenvalue weighted by Crippen LogP contribution is 2.37. The maximum atomic E-state index is 6.24. The zero-order valence-electron chi connectivity index (χ0n) is 16.4. The van der Waals surface area contributed by atoms with Crippen molar-refractivity contribution in [3.63, 3.8) is 0 Å². The molecule has 29 heavy (non-hydrogen) atoms. The summed E-state index contributed by atoms with van der Waals surface area (Å²) in [6, 6.07) is 9.43. The van der Waals surface area contributed by atoms with Gasteiger partial charge >= 0.3 is 0 Å². The van der Waals surface area contributed by atoms with Crippen LogP contribution in [0.5, 0.6) is 11.5 Å². The number of nitrogens with one attached hydrogen (secondary N) is 2. The third kappa shape index (κ3) is 6.74. The van der Waals surface area contributed by atoms with Gasteiger partial charge in [-0.3, -0.25) is 4.90 Å². The molecule has 1 aliphatic rings. The normalized spacial score (nSPS) is 14.8. The van der Waals surface area contributed by atoms with Gasteiger partial charge in [-0.05, 0) is 45.8 Å². The summed E-state index contributed by atoms with van der Waals surface area (Å²) in [5, 5.41) is 8.07. The number of piperazine rings is 1. The molecule has 3 rings (SSSR count). The lowest BCUT2D eigenvalue weighted by molar-refractivity contribution is 0.241. The van der Waals surface area contributed by atoms with E-state index in [4.69, 9.17) is 32.7 Å². The molecular formula is C21H26BrCl2N3O2. The molecule has 5 nitrogen and oxygen atoms in total. The average molecular weight is 503 g/mol. The summed E-state index contributed by atoms with van der Waals surface area (Å²) < 4.78 is 12.4. The molecule has 2 aromatic rings. The molecule has 0 atom stereocenters. The predicted octanol–water partition coefficient (Wildman–Crippen LogP) is 4.34. The zero-order valence-corrected chi connectivity index (χ0v) is 19.5. The van der Waals surface area contributed by atoms with Gasteiger partial charge in [0.25, 0.3) is 0 Å². The summed E-state index contributed by atoms with van der Waals surface area (Å²) in [5.74, 6) is 1.34. The maximum Gasteiger partial charge on any atom is 0.175 e. The Morgan fingerprint density at radius 1 is 1.17 bits per heavy atom. The number of hydrogen-bond acceptors (Lipinski definition) is 5. The largest absolute Gasteiger partial charge is 0.493 e. The van der Waals surface area contributed by atoms with E-state index in [0.717, 1.165) is 61.4 Å². The van der Waals surface area contributed by atoms with E-state index in [1.54, 1.807) is 19.2 Å². The van der Waals surface area contributed by atoms with Crippen LogP contribution in [-0.4, -0.2) is 51.3 Å². The minimum atomic E-state index is 0.327. The smallest absolute Gasteiger partial charge is 0.175 e. The lowest BCUT2D eigenvalue weighted by atomic mass is 10.2. The van der Waals surface area contributed by atoms with Crippen molar-refractivity contribution in [2.75, 3.05) is 46.4 Å². The van der Waals surface area contributed by atoms with E-state index in [1.807, 2.05) is 12.1 Å². The molecule has 1 aliphatic heterocycles. The SMILES string of the molecule is COc1cc(CNCCN2CCNCC2)cc(Br)c1OCc1ccc(Cl)cc1Cl. The molecule has 0 bridgehead atoms. The van der Waals surface area contributed by atoms with Crippen molar-refractivity contribution in [2.24, 2.45) is 0 Å². The van der Waals surface area contributed by atoms with Crippen molar-refractivity contribution >= 4 is 39.1 Å². The Bertz CT molecular complexity index is 817. The Kier molecular flexibility index (Phi) is 8.90. The van der Waals surface area contributed by atoms with E-state index in [0.29, 0.717) is 28.2 Å². The van der Waals surface area contributed by atoms with Crippen LogP contribution in [0.15, 0.2) is 34.8 Å². The van der Waals surface area contributed by atoms with Crippen molar-refractivity contribution in [2.45, 2.75) is 13.2 Å². The van der Waals surface area contributed by atoms with Gasteiger partial charge in [-0.15, -0.1) is 0 Å². The fraction of sp³-hybridized carbons (Fsp3) is 0.429. The second-order valence-electron chi connectivity index (χ2n) is 6.90. The fourth-order valence-electron chi connectivity index (χ4n) is 3.21. The molecule has 2 N–H and O–H groups in total. The van der Waals surface area contributed by atoms with Crippen LogP contribution in [0.2, 0.25) is 10.0 Å². The van der Waals surface area contributed by atoms with E-state index in [1.165, 1.54) is 0 Å². The Labute approximate surface area is 190 Å². The third-order valence-electron chi connectivity index (χ3n) is 4.82. The molecule has 2 aromatic carbocycles. The molecule has 0 radical (unpaired) electrons. The van der Waals surface area contributed by atoms with Crippen LogP contribution in [-0.2, 0) is 13.2 Å². The first kappa shape index (κ1) is 22.7. The number of halogens is 3. The van der Waals surface area contributed by atoms with Crippen molar-refractivity contribution < 1.29 is 9.47 Å². The van der Waals surface area contributed by atoms with Gasteiger partial charge in [0.2, 0.25) is 0 Å². The molecule has 0 spiro atoms. The van der Waals surface area contributed by atoms with Gasteiger partial charge in [0, 0.05) is 61.4 Å². The van der Waals surface area contributed by atoms with Gasteiger partial charge in [0.15, 0.2) is 11.5 Å². The van der Waals surface area contributed by atoms with Crippen molar-refractivity contribution in [3.05, 3.63) is 56.0 Å². The van der Waals surface area contributed by atoms with Crippen LogP contribution >= 0.6 is 39.1 Å². The van der Waals surface area contributed by atoms with Crippen LogP contribution < -0.4 is 20.1 Å². The molecule has 0 amide bonds. The van der Waals surface area contributed by atoms with Crippen LogP contribution in [0.1, 0.15) is 11.1 Å². The van der Waals surface area contributed by atoms with Gasteiger partial charge in [-0.2, -0.15) is 0 Å². The Morgan fingerprint density at radius 3 is 2.69 bits per heavy atom. The molecule has 0 aromatic heterocycles. The van der Waals surface area contributed by atoms with E-state index in [9.17, 15) is 0 Å². The third-order valence-corrected chi connectivity index (χ3v) is 6.00. The van der Waals surface area contributed by atoms with Crippen LogP contribution in [0.4, 0.5) is 0 Å². The highest BCUT2D eigenvalue weighted by atomic mass is 79.9. The molecule has 1 saturated heterocycles. The first-order valence-electron chi connectivity index (χ1n) is 9.63. The topological polar surface area (TPSA) is 45.8 Å². The molecular weight excluding hydrogens is 477 g/mol. The van der Waals surface area contributed by atoms with Gasteiger partial charge in [0.05, 0.1) is 11.6 Å². The molecule has 0 aliphatic carbocycles. The first-order valence-corrected chi connectivity index (χ1v) is 11.2. The summed E-state index contributed by atoms with van der Waals surface area (Å²) in [7, 11) is 1.64. The number of rotatable bonds is 9. The van der Waals surface area contributed by atoms with Crippen LogP contribution in [0, 0.1) is 0 Å². The summed E-state index contributed by atoms with van der Waals surface area (Å²) in [6.07, 6.45) is 0. The van der Waals surface area contributed by atoms with Crippen LogP contribution in [0.25, 0.3) is 0 Å². The second kappa shape index (κ2) is 11.4. The molecule has 0 saturated carbocycles. The Morgan fingerprint density at radius 2 is 1.97 bits per heavy atom. The van der Waals surface area contributed by atoms with Gasteiger partial charge in [0.1, 0.15) is 6.61 Å². The van der Waals surface area contributed by atoms with E-state index in [-0.39, 0.29) is 0 Å². The van der Waals surface area contributed by atoms with E-state index >= 15 is 0 Å². The van der Waals surface area contributed by atoms with Crippen LogP contribution in [0.3, 0.4) is 0 Å². The van der Waals surface area contributed by atoms with Gasteiger partial charge in [-0.1, -0.05) is 29.3 Å². The number of nitrogens with zero attached hydrogens (tertiary/aromatic N) is 1. The van der Waals surface area contributed by atoms with Crippen molar-refractivity contribution in [3.8, 4) is 11.5 Å². The number of hydrogen-bond donors (Lipinski definition) is 2. The summed E-state index contributed by atoms with van der Waals surface area (Å²) in [4.78, 5) is 2.47. The number of methoxy groups -OCH3 is 1. The number of benzene rings is 2. The zero-order chi connectivity index (χ0) is 20.6. The van der Waals surface area contributed by atoms with Gasteiger partial charge in [-0.25, -0.2) is 0 Å².